The highest BCUT2D eigenvalue weighted by Gasteiger charge is 2.70. The van der Waals surface area contributed by atoms with Crippen LogP contribution in [0.3, 0.4) is 0 Å². The quantitative estimate of drug-likeness (QED) is 0.487. The molecule has 6 fully saturated rings. The Balaban J connectivity index is 1.25. The third-order valence-electron chi connectivity index (χ3n) is 13.6. The van der Waals surface area contributed by atoms with Crippen LogP contribution in [0.1, 0.15) is 106 Å². The van der Waals surface area contributed by atoms with Crippen LogP contribution in [-0.2, 0) is 9.47 Å². The number of rotatable bonds is 2. The molecule has 4 aliphatic carbocycles. The summed E-state index contributed by atoms with van der Waals surface area (Å²) in [5, 5.41) is 22.2. The van der Waals surface area contributed by atoms with Crippen LogP contribution >= 0.6 is 0 Å². The van der Waals surface area contributed by atoms with Gasteiger partial charge in [-0.15, -0.1) is 0 Å². The molecule has 6 aliphatic rings. The summed E-state index contributed by atoms with van der Waals surface area (Å²) in [7, 11) is 0. The second-order valence-corrected chi connectivity index (χ2v) is 15.5. The van der Waals surface area contributed by atoms with Crippen molar-refractivity contribution in [1.82, 2.24) is 0 Å². The molecule has 11 atom stereocenters. The predicted molar refractivity (Wildman–Crippen MR) is 133 cm³/mol. The van der Waals surface area contributed by atoms with Crippen LogP contribution in [0.25, 0.3) is 0 Å². The van der Waals surface area contributed by atoms with Crippen LogP contribution in [0.5, 0.6) is 0 Å². The monoisotopic (exact) mass is 474 g/mol. The van der Waals surface area contributed by atoms with E-state index in [1.54, 1.807) is 0 Å². The highest BCUT2D eigenvalue weighted by molar-refractivity contribution is 5.17. The number of ether oxygens (including phenoxy) is 2. The van der Waals surface area contributed by atoms with Crippen molar-refractivity contribution in [3.63, 3.8) is 0 Å². The Morgan fingerprint density at radius 1 is 0.735 bits per heavy atom. The molecule has 2 N–H and O–H groups in total. The van der Waals surface area contributed by atoms with E-state index < -0.39 is 5.79 Å². The second kappa shape index (κ2) is 7.03. The topological polar surface area (TPSA) is 62.2 Å². The van der Waals surface area contributed by atoms with Gasteiger partial charge in [0.2, 0.25) is 0 Å². The van der Waals surface area contributed by atoms with E-state index in [1.807, 2.05) is 0 Å². The fourth-order valence-corrected chi connectivity index (χ4v) is 11.4. The third kappa shape index (κ3) is 2.92. The Morgan fingerprint density at radius 2 is 1.35 bits per heavy atom. The maximum absolute atomic E-state index is 11.3. The number of aliphatic hydroxyl groups excluding tert-OH is 1. The number of fused-ring (bicyclic) bond motifs is 5. The minimum Gasteiger partial charge on any atom is -0.393 e. The smallest absolute Gasteiger partial charge is 0.195 e. The Bertz CT molecular complexity index is 853. The molecule has 0 aromatic rings. The lowest BCUT2D eigenvalue weighted by Crippen LogP contribution is -2.61. The molecule has 2 saturated heterocycles. The van der Waals surface area contributed by atoms with Gasteiger partial charge in [0, 0.05) is 6.42 Å². The molecule has 194 valence electrons. The van der Waals surface area contributed by atoms with E-state index >= 15 is 0 Å². The van der Waals surface area contributed by atoms with Crippen LogP contribution in [0, 0.1) is 51.2 Å². The van der Waals surface area contributed by atoms with E-state index in [2.05, 4.69) is 48.5 Å². The normalized spacial score (nSPS) is 59.7. The number of hydrogen-bond donors (Lipinski definition) is 2. The Hall–Kier alpha value is -0.160. The average Bonchev–Trinajstić information content (AvgIpc) is 3.09. The first kappa shape index (κ1) is 24.2. The van der Waals surface area contributed by atoms with Gasteiger partial charge in [0.15, 0.2) is 5.79 Å². The van der Waals surface area contributed by atoms with Crippen LogP contribution in [0.15, 0.2) is 0 Å². The zero-order valence-electron chi connectivity index (χ0n) is 22.8. The number of aliphatic hydroxyl groups is 2. The molecule has 0 aromatic heterocycles. The van der Waals surface area contributed by atoms with Crippen molar-refractivity contribution in [3.05, 3.63) is 0 Å². The summed E-state index contributed by atoms with van der Waals surface area (Å²) in [6.45, 7) is 17.3. The minimum atomic E-state index is -1.10. The van der Waals surface area contributed by atoms with E-state index in [-0.39, 0.29) is 23.2 Å². The maximum Gasteiger partial charge on any atom is 0.195 e. The molecule has 0 bridgehead atoms. The van der Waals surface area contributed by atoms with Crippen LogP contribution in [0.2, 0.25) is 0 Å². The summed E-state index contributed by atoms with van der Waals surface area (Å²) >= 11 is 0. The van der Waals surface area contributed by atoms with Gasteiger partial charge < -0.3 is 19.7 Å². The van der Waals surface area contributed by atoms with Crippen LogP contribution < -0.4 is 0 Å². The predicted octanol–water partition coefficient (Wildman–Crippen LogP) is 5.93. The first-order chi connectivity index (χ1) is 15.7. The van der Waals surface area contributed by atoms with E-state index in [4.69, 9.17) is 9.47 Å². The first-order valence-corrected chi connectivity index (χ1v) is 14.4. The van der Waals surface area contributed by atoms with Gasteiger partial charge in [-0.1, -0.05) is 34.6 Å². The third-order valence-corrected chi connectivity index (χ3v) is 13.6. The molecule has 34 heavy (non-hydrogen) atoms. The summed E-state index contributed by atoms with van der Waals surface area (Å²) in [4.78, 5) is 0. The standard InChI is InChI=1S/C30H50O4/c1-25(2)22-9-8-21-20(27(22,5)13-12-23(25)31)11-15-28(6)19(10-14-29(21,28)7)18-16-30(32,33-17-18)24-26(3,4)34-24/h18-24,31-32H,8-17H2,1-7H3/t18?,19-,20-,21?,22-,23-,24-,27+,28+,29+,30?/m1/s1. The summed E-state index contributed by atoms with van der Waals surface area (Å²) in [6, 6.07) is 0. The van der Waals surface area contributed by atoms with E-state index in [9.17, 15) is 10.2 Å². The lowest BCUT2D eigenvalue weighted by atomic mass is 9.38. The van der Waals surface area contributed by atoms with Gasteiger partial charge in [0.05, 0.1) is 18.3 Å². The van der Waals surface area contributed by atoms with Gasteiger partial charge in [-0.2, -0.15) is 0 Å². The molecule has 3 unspecified atom stereocenters. The highest BCUT2D eigenvalue weighted by Crippen LogP contribution is 2.75. The Labute approximate surface area is 207 Å². The van der Waals surface area contributed by atoms with E-state index in [1.165, 1.54) is 44.9 Å². The van der Waals surface area contributed by atoms with Gasteiger partial charge >= 0.3 is 0 Å². The maximum atomic E-state index is 11.3. The summed E-state index contributed by atoms with van der Waals surface area (Å²) in [6.07, 6.45) is 10.4. The molecular formula is C30H50O4. The summed E-state index contributed by atoms with van der Waals surface area (Å²) in [5.41, 5.74) is 0.818. The molecule has 0 aromatic carbocycles. The zero-order chi connectivity index (χ0) is 24.5. The van der Waals surface area contributed by atoms with Crippen LogP contribution in [0.4, 0.5) is 0 Å². The number of hydrogen-bond acceptors (Lipinski definition) is 4. The molecule has 0 radical (unpaired) electrons. The van der Waals surface area contributed by atoms with E-state index in [0.29, 0.717) is 40.6 Å². The molecule has 0 amide bonds. The fraction of sp³-hybridized carbons (Fsp3) is 1.00. The van der Waals surface area contributed by atoms with Crippen molar-refractivity contribution >= 4 is 0 Å². The minimum absolute atomic E-state index is 0.0299. The molecule has 4 heteroatoms. The largest absolute Gasteiger partial charge is 0.393 e. The zero-order valence-corrected chi connectivity index (χ0v) is 22.8. The number of epoxide rings is 1. The molecule has 2 heterocycles. The molecule has 4 saturated carbocycles. The fourth-order valence-electron chi connectivity index (χ4n) is 11.4. The Kier molecular flexibility index (Phi) is 5.00. The molecular weight excluding hydrogens is 424 g/mol. The van der Waals surface area contributed by atoms with Gasteiger partial charge in [-0.05, 0) is 116 Å². The molecule has 0 spiro atoms. The first-order valence-electron chi connectivity index (χ1n) is 14.4. The van der Waals surface area contributed by atoms with Gasteiger partial charge in [0.25, 0.3) is 0 Å². The van der Waals surface area contributed by atoms with Crippen molar-refractivity contribution in [3.8, 4) is 0 Å². The average molecular weight is 475 g/mol. The van der Waals surface area contributed by atoms with Crippen molar-refractivity contribution in [2.45, 2.75) is 130 Å². The molecule has 6 rings (SSSR count). The van der Waals surface area contributed by atoms with Crippen molar-refractivity contribution in [2.75, 3.05) is 6.61 Å². The van der Waals surface area contributed by atoms with Crippen molar-refractivity contribution in [1.29, 1.82) is 0 Å². The Morgan fingerprint density at radius 3 is 2.00 bits per heavy atom. The lowest BCUT2D eigenvalue weighted by molar-refractivity contribution is -0.200. The molecule has 4 nitrogen and oxygen atoms in total. The SMILES string of the molecule is CC1(C)O[C@H]1C1(O)CC([C@H]2CC[C@@]3(C)C4CC[C@@H]5C(C)(C)[C@H](O)CC[C@@]5(C)[C@@H]4CC[C@@]23C)CO1. The summed E-state index contributed by atoms with van der Waals surface area (Å²) in [5.74, 6) is 2.17. The van der Waals surface area contributed by atoms with Gasteiger partial charge in [-0.25, -0.2) is 0 Å². The highest BCUT2D eigenvalue weighted by atomic mass is 16.7. The van der Waals surface area contributed by atoms with Crippen molar-refractivity contribution < 1.29 is 19.7 Å². The lowest BCUT2D eigenvalue weighted by Gasteiger charge is -2.67. The second-order valence-electron chi connectivity index (χ2n) is 15.5. The van der Waals surface area contributed by atoms with Gasteiger partial charge in [0.1, 0.15) is 6.10 Å². The van der Waals surface area contributed by atoms with Crippen molar-refractivity contribution in [2.24, 2.45) is 51.2 Å². The van der Waals surface area contributed by atoms with Crippen LogP contribution in [-0.4, -0.2) is 40.4 Å². The molecule has 2 aliphatic heterocycles. The van der Waals surface area contributed by atoms with Gasteiger partial charge in [-0.3, -0.25) is 0 Å². The summed E-state index contributed by atoms with van der Waals surface area (Å²) < 4.78 is 11.9. The van der Waals surface area contributed by atoms with E-state index in [0.717, 1.165) is 24.7 Å².